The van der Waals surface area contributed by atoms with Crippen LogP contribution in [0.3, 0.4) is 0 Å². The van der Waals surface area contributed by atoms with Gasteiger partial charge in [-0.3, -0.25) is 5.43 Å². The Morgan fingerprint density at radius 2 is 2.00 bits per heavy atom. The van der Waals surface area contributed by atoms with Crippen molar-refractivity contribution in [2.45, 2.75) is 13.5 Å². The number of anilines is 3. The van der Waals surface area contributed by atoms with Crippen LogP contribution >= 0.6 is 11.3 Å². The van der Waals surface area contributed by atoms with Gasteiger partial charge in [-0.05, 0) is 6.92 Å². The molecule has 4 N–H and O–H groups in total. The first-order valence-corrected chi connectivity index (χ1v) is 6.45. The first-order chi connectivity index (χ1) is 9.08. The second kappa shape index (κ2) is 5.76. The van der Waals surface area contributed by atoms with Gasteiger partial charge in [0.25, 0.3) is 0 Å². The van der Waals surface area contributed by atoms with Gasteiger partial charge in [-0.1, -0.05) is 0 Å². The van der Waals surface area contributed by atoms with Crippen molar-refractivity contribution in [3.63, 3.8) is 0 Å². The first-order valence-electron chi connectivity index (χ1n) is 5.63. The van der Waals surface area contributed by atoms with Crippen molar-refractivity contribution >= 4 is 29.2 Å². The Hall–Kier alpha value is -2.00. The number of rotatable bonds is 5. The van der Waals surface area contributed by atoms with Crippen LogP contribution in [0, 0.1) is 6.92 Å². The summed E-state index contributed by atoms with van der Waals surface area (Å²) in [5.41, 5.74) is 2.43. The third kappa shape index (κ3) is 3.48. The molecule has 0 amide bonds. The number of hydrogen-bond acceptors (Lipinski definition) is 9. The minimum atomic E-state index is 0.321. The number of hydrazine groups is 1. The fourth-order valence-corrected chi connectivity index (χ4v) is 2.10. The van der Waals surface area contributed by atoms with Crippen LogP contribution in [0.15, 0.2) is 6.20 Å². The molecule has 0 aliphatic rings. The Labute approximate surface area is 115 Å². The van der Waals surface area contributed by atoms with Gasteiger partial charge in [0.1, 0.15) is 0 Å². The number of aryl methyl sites for hydroxylation is 1. The number of nitrogen functional groups attached to an aromatic ring is 1. The molecule has 8 nitrogen and oxygen atoms in total. The smallest absolute Gasteiger partial charge is 0.243 e. The van der Waals surface area contributed by atoms with E-state index >= 15 is 0 Å². The van der Waals surface area contributed by atoms with Crippen molar-refractivity contribution in [3.05, 3.63) is 16.1 Å². The van der Waals surface area contributed by atoms with Gasteiger partial charge < -0.3 is 10.2 Å². The predicted molar refractivity (Wildman–Crippen MR) is 76.1 cm³/mol. The topological polar surface area (TPSA) is 105 Å². The van der Waals surface area contributed by atoms with Crippen molar-refractivity contribution in [1.29, 1.82) is 0 Å². The van der Waals surface area contributed by atoms with Gasteiger partial charge in [-0.15, -0.1) is 11.3 Å². The fraction of sp³-hybridized carbons (Fsp3) is 0.400. The number of nitrogens with two attached hydrogens (primary N) is 1. The van der Waals surface area contributed by atoms with Crippen LogP contribution in [0.25, 0.3) is 0 Å². The molecular formula is C10H16N8S. The summed E-state index contributed by atoms with van der Waals surface area (Å²) in [7, 11) is 3.71. The summed E-state index contributed by atoms with van der Waals surface area (Å²) < 4.78 is 0. The summed E-state index contributed by atoms with van der Waals surface area (Å²) in [6.07, 6.45) is 1.84. The summed E-state index contributed by atoms with van der Waals surface area (Å²) in [6, 6.07) is 0. The highest BCUT2D eigenvalue weighted by Crippen LogP contribution is 2.15. The van der Waals surface area contributed by atoms with E-state index in [0.717, 1.165) is 9.88 Å². The number of nitrogens with zero attached hydrogens (tertiary/aromatic N) is 5. The van der Waals surface area contributed by atoms with E-state index in [1.807, 2.05) is 27.2 Å². The van der Waals surface area contributed by atoms with Gasteiger partial charge in [0.05, 0.1) is 11.6 Å². The molecule has 0 spiro atoms. The highest BCUT2D eigenvalue weighted by atomic mass is 32.1. The van der Waals surface area contributed by atoms with Gasteiger partial charge in [0.15, 0.2) is 0 Å². The lowest BCUT2D eigenvalue weighted by Gasteiger charge is -2.12. The molecule has 2 aromatic heterocycles. The van der Waals surface area contributed by atoms with Crippen LogP contribution in [0.5, 0.6) is 0 Å². The van der Waals surface area contributed by atoms with Crippen molar-refractivity contribution in [2.24, 2.45) is 5.84 Å². The quantitative estimate of drug-likeness (QED) is 0.540. The van der Waals surface area contributed by atoms with Gasteiger partial charge in [-0.2, -0.15) is 15.0 Å². The molecule has 0 bridgehead atoms. The van der Waals surface area contributed by atoms with E-state index in [1.54, 1.807) is 16.2 Å². The Balaban J connectivity index is 2.12. The molecule has 0 aromatic carbocycles. The molecule has 0 radical (unpaired) electrons. The predicted octanol–water partition coefficient (Wildman–Crippen LogP) is 0.600. The zero-order valence-corrected chi connectivity index (χ0v) is 11.8. The molecule has 0 aliphatic carbocycles. The van der Waals surface area contributed by atoms with Gasteiger partial charge in [0.2, 0.25) is 17.8 Å². The summed E-state index contributed by atoms with van der Waals surface area (Å²) in [5.74, 6) is 6.67. The van der Waals surface area contributed by atoms with E-state index in [1.165, 1.54) is 0 Å². The first kappa shape index (κ1) is 13.4. The number of aromatic nitrogens is 4. The number of thiazole rings is 1. The van der Waals surface area contributed by atoms with Gasteiger partial charge in [0, 0.05) is 25.2 Å². The maximum atomic E-state index is 5.34. The molecule has 9 heteroatoms. The molecular weight excluding hydrogens is 264 g/mol. The molecule has 0 aliphatic heterocycles. The van der Waals surface area contributed by atoms with E-state index in [4.69, 9.17) is 5.84 Å². The largest absolute Gasteiger partial charge is 0.349 e. The second-order valence-corrected chi connectivity index (χ2v) is 5.34. The summed E-state index contributed by atoms with van der Waals surface area (Å²) in [4.78, 5) is 19.6. The molecule has 0 unspecified atom stereocenters. The maximum Gasteiger partial charge on any atom is 0.243 e. The van der Waals surface area contributed by atoms with Crippen LogP contribution in [0.1, 0.15) is 9.88 Å². The summed E-state index contributed by atoms with van der Waals surface area (Å²) in [5, 5.41) is 4.16. The molecule has 0 atom stereocenters. The Morgan fingerprint density at radius 3 is 2.58 bits per heavy atom. The summed E-state index contributed by atoms with van der Waals surface area (Å²) >= 11 is 1.63. The lowest BCUT2D eigenvalue weighted by Crippen LogP contribution is -2.18. The Morgan fingerprint density at radius 1 is 1.26 bits per heavy atom. The standard InChI is InChI=1S/C10H16N8S/c1-6-12-4-7(19-6)5-13-8-14-9(17-11)16-10(15-8)18(2)3/h4H,5,11H2,1-3H3,(H2,13,14,15,16,17). The molecule has 2 rings (SSSR count). The van der Waals surface area contributed by atoms with Crippen LogP contribution in [0.4, 0.5) is 17.8 Å². The molecule has 102 valence electrons. The van der Waals surface area contributed by atoms with Crippen LogP contribution in [-0.4, -0.2) is 34.0 Å². The zero-order valence-electron chi connectivity index (χ0n) is 11.0. The van der Waals surface area contributed by atoms with Crippen LogP contribution < -0.4 is 21.5 Å². The molecule has 19 heavy (non-hydrogen) atoms. The van der Waals surface area contributed by atoms with Crippen molar-refractivity contribution < 1.29 is 0 Å². The normalized spacial score (nSPS) is 10.3. The average molecular weight is 280 g/mol. The van der Waals surface area contributed by atoms with E-state index in [-0.39, 0.29) is 0 Å². The minimum absolute atomic E-state index is 0.321. The van der Waals surface area contributed by atoms with Crippen LogP contribution in [-0.2, 0) is 6.54 Å². The molecule has 0 saturated heterocycles. The summed E-state index contributed by atoms with van der Waals surface area (Å²) in [6.45, 7) is 2.59. The highest BCUT2D eigenvalue weighted by molar-refractivity contribution is 7.11. The average Bonchev–Trinajstić information content (AvgIpc) is 2.81. The lowest BCUT2D eigenvalue weighted by molar-refractivity contribution is 0.941. The molecule has 2 heterocycles. The van der Waals surface area contributed by atoms with Crippen LogP contribution in [0.2, 0.25) is 0 Å². The van der Waals surface area contributed by atoms with E-state index in [9.17, 15) is 0 Å². The molecule has 0 saturated carbocycles. The number of hydrogen-bond donors (Lipinski definition) is 3. The van der Waals surface area contributed by atoms with Gasteiger partial charge >= 0.3 is 0 Å². The van der Waals surface area contributed by atoms with E-state index < -0.39 is 0 Å². The monoisotopic (exact) mass is 280 g/mol. The second-order valence-electron chi connectivity index (χ2n) is 4.02. The fourth-order valence-electron chi connectivity index (χ4n) is 1.36. The Bertz CT molecular complexity index is 552. The zero-order chi connectivity index (χ0) is 13.8. The highest BCUT2D eigenvalue weighted by Gasteiger charge is 2.07. The molecule has 0 fully saturated rings. The minimum Gasteiger partial charge on any atom is -0.349 e. The Kier molecular flexibility index (Phi) is 4.07. The SMILES string of the molecule is Cc1ncc(CNc2nc(NN)nc(N(C)C)n2)s1. The van der Waals surface area contributed by atoms with Gasteiger partial charge in [-0.25, -0.2) is 10.8 Å². The lowest BCUT2D eigenvalue weighted by atomic mass is 10.5. The van der Waals surface area contributed by atoms with E-state index in [0.29, 0.717) is 24.4 Å². The van der Waals surface area contributed by atoms with Crippen molar-refractivity contribution in [2.75, 3.05) is 29.7 Å². The third-order valence-corrected chi connectivity index (χ3v) is 3.16. The molecule has 2 aromatic rings. The number of nitrogens with one attached hydrogen (secondary N) is 2. The third-order valence-electron chi connectivity index (χ3n) is 2.24. The van der Waals surface area contributed by atoms with Crippen molar-refractivity contribution in [3.8, 4) is 0 Å². The van der Waals surface area contributed by atoms with Crippen molar-refractivity contribution in [1.82, 2.24) is 19.9 Å². The van der Waals surface area contributed by atoms with E-state index in [2.05, 4.69) is 30.7 Å². The maximum absolute atomic E-state index is 5.34.